The average Bonchev–Trinajstić information content (AvgIpc) is 3.41. The summed E-state index contributed by atoms with van der Waals surface area (Å²) in [5.41, 5.74) is 1.26. The van der Waals surface area contributed by atoms with Crippen LogP contribution in [0.4, 0.5) is 0 Å². The number of halogens is 1. The third-order valence-electron chi connectivity index (χ3n) is 4.85. The number of benzene rings is 1. The van der Waals surface area contributed by atoms with Gasteiger partial charge in [0.15, 0.2) is 0 Å². The lowest BCUT2D eigenvalue weighted by molar-refractivity contribution is 0.467. The van der Waals surface area contributed by atoms with Gasteiger partial charge in [0.05, 0.1) is 10.9 Å². The van der Waals surface area contributed by atoms with E-state index in [9.17, 15) is 8.42 Å². The number of sulfonamides is 1. The summed E-state index contributed by atoms with van der Waals surface area (Å²) in [6.45, 7) is 0.139. The lowest BCUT2D eigenvalue weighted by atomic mass is 10.2. The summed E-state index contributed by atoms with van der Waals surface area (Å²) in [6.07, 6.45) is 6.08. The van der Waals surface area contributed by atoms with Crippen LogP contribution in [0, 0.1) is 0 Å². The molecule has 1 fully saturated rings. The minimum absolute atomic E-state index is 0.139. The highest BCUT2D eigenvalue weighted by molar-refractivity contribution is 7.89. The normalized spacial score (nSPS) is 15.4. The maximum atomic E-state index is 13.1. The van der Waals surface area contributed by atoms with Crippen molar-refractivity contribution in [1.82, 2.24) is 14.5 Å². The fraction of sp³-hybridized carbons (Fsp3) is 0.316. The zero-order valence-electron chi connectivity index (χ0n) is 14.6. The number of nitrogens with zero attached hydrogens (tertiary/aromatic N) is 2. The molecule has 27 heavy (non-hydrogen) atoms. The summed E-state index contributed by atoms with van der Waals surface area (Å²) in [5.74, 6) is 0. The first-order chi connectivity index (χ1) is 13.0. The summed E-state index contributed by atoms with van der Waals surface area (Å²) in [6, 6.07) is 11.3. The van der Waals surface area contributed by atoms with Gasteiger partial charge >= 0.3 is 0 Å². The molecular weight excluding hydrogens is 402 g/mol. The first-order valence-corrected chi connectivity index (χ1v) is 11.6. The van der Waals surface area contributed by atoms with Crippen molar-refractivity contribution in [2.24, 2.45) is 0 Å². The highest BCUT2D eigenvalue weighted by Crippen LogP contribution is 2.34. The van der Waals surface area contributed by atoms with E-state index in [1.807, 2.05) is 40.4 Å². The van der Waals surface area contributed by atoms with Gasteiger partial charge in [-0.2, -0.15) is 5.10 Å². The predicted molar refractivity (Wildman–Crippen MR) is 109 cm³/mol. The van der Waals surface area contributed by atoms with Crippen molar-refractivity contribution in [3.63, 3.8) is 0 Å². The Balaban J connectivity index is 1.67. The molecule has 142 valence electrons. The zero-order chi connectivity index (χ0) is 18.9. The van der Waals surface area contributed by atoms with E-state index < -0.39 is 10.0 Å². The van der Waals surface area contributed by atoms with E-state index >= 15 is 0 Å². The van der Waals surface area contributed by atoms with Crippen LogP contribution in [0.2, 0.25) is 5.02 Å². The topological polar surface area (TPSA) is 64.0 Å². The number of hydrogen-bond donors (Lipinski definition) is 1. The molecule has 3 aromatic rings. The number of nitrogens with one attached hydrogen (secondary N) is 1. The van der Waals surface area contributed by atoms with E-state index in [-0.39, 0.29) is 17.5 Å². The van der Waals surface area contributed by atoms with Gasteiger partial charge in [0, 0.05) is 17.8 Å². The molecule has 2 heterocycles. The van der Waals surface area contributed by atoms with E-state index in [1.165, 1.54) is 11.3 Å². The molecule has 0 amide bonds. The van der Waals surface area contributed by atoms with Crippen LogP contribution in [0.25, 0.3) is 10.6 Å². The van der Waals surface area contributed by atoms with Gasteiger partial charge in [-0.15, -0.1) is 11.3 Å². The molecule has 8 heteroatoms. The van der Waals surface area contributed by atoms with Gasteiger partial charge in [0.2, 0.25) is 10.0 Å². The average molecular weight is 422 g/mol. The van der Waals surface area contributed by atoms with Crippen molar-refractivity contribution in [2.75, 3.05) is 0 Å². The third-order valence-corrected chi connectivity index (χ3v) is 7.50. The molecule has 5 nitrogen and oxygen atoms in total. The Morgan fingerprint density at radius 1 is 1.19 bits per heavy atom. The molecule has 4 rings (SSSR count). The highest BCUT2D eigenvalue weighted by atomic mass is 35.5. The van der Waals surface area contributed by atoms with E-state index in [2.05, 4.69) is 9.82 Å². The van der Waals surface area contributed by atoms with Gasteiger partial charge in [0.1, 0.15) is 10.6 Å². The maximum Gasteiger partial charge on any atom is 0.244 e. The second-order valence-corrected chi connectivity index (χ2v) is 9.74. The quantitative estimate of drug-likeness (QED) is 0.618. The summed E-state index contributed by atoms with van der Waals surface area (Å²) in [7, 11) is -3.73. The van der Waals surface area contributed by atoms with Crippen LogP contribution in [-0.2, 0) is 16.6 Å². The van der Waals surface area contributed by atoms with Crippen LogP contribution in [0.3, 0.4) is 0 Å². The summed E-state index contributed by atoms with van der Waals surface area (Å²) in [5, 5.41) is 7.13. The van der Waals surface area contributed by atoms with E-state index in [0.29, 0.717) is 10.7 Å². The summed E-state index contributed by atoms with van der Waals surface area (Å²) < 4.78 is 30.6. The van der Waals surface area contributed by atoms with Gasteiger partial charge in [-0.1, -0.05) is 48.7 Å². The Labute approximate surface area is 168 Å². The summed E-state index contributed by atoms with van der Waals surface area (Å²) >= 11 is 7.64. The standard InChI is InChI=1S/C19H20ClN3O2S2/c20-16-9-4-1-6-14(16)12-21-27(24,25)18-13-23(15-7-2-3-8-15)22-19(18)17-10-5-11-26-17/h1,4-6,9-11,13,15,21H,2-3,7-8,12H2. The van der Waals surface area contributed by atoms with Crippen LogP contribution >= 0.6 is 22.9 Å². The molecule has 2 aromatic heterocycles. The Bertz CT molecular complexity index is 1020. The van der Waals surface area contributed by atoms with Crippen molar-refractivity contribution in [3.8, 4) is 10.6 Å². The van der Waals surface area contributed by atoms with Gasteiger partial charge in [-0.3, -0.25) is 4.68 Å². The van der Waals surface area contributed by atoms with Crippen LogP contribution in [0.15, 0.2) is 52.9 Å². The molecule has 0 unspecified atom stereocenters. The van der Waals surface area contributed by atoms with Gasteiger partial charge in [-0.25, -0.2) is 13.1 Å². The smallest absolute Gasteiger partial charge is 0.244 e. The van der Waals surface area contributed by atoms with E-state index in [1.54, 1.807) is 12.3 Å². The fourth-order valence-corrected chi connectivity index (χ4v) is 5.55. The van der Waals surface area contributed by atoms with Crippen molar-refractivity contribution in [2.45, 2.75) is 43.2 Å². The largest absolute Gasteiger partial charge is 0.268 e. The Morgan fingerprint density at radius 3 is 2.67 bits per heavy atom. The third kappa shape index (κ3) is 3.96. The van der Waals surface area contributed by atoms with Crippen LogP contribution < -0.4 is 4.72 Å². The Hall–Kier alpha value is -1.67. The molecule has 0 radical (unpaired) electrons. The number of aromatic nitrogens is 2. The molecule has 0 spiro atoms. The van der Waals surface area contributed by atoms with E-state index in [4.69, 9.17) is 11.6 Å². The lowest BCUT2D eigenvalue weighted by Gasteiger charge is -2.09. The van der Waals surface area contributed by atoms with Crippen molar-refractivity contribution < 1.29 is 8.42 Å². The molecule has 1 aliphatic rings. The molecule has 1 N–H and O–H groups in total. The monoisotopic (exact) mass is 421 g/mol. The fourth-order valence-electron chi connectivity index (χ4n) is 3.40. The first-order valence-electron chi connectivity index (χ1n) is 8.91. The molecule has 0 aliphatic heterocycles. The maximum absolute atomic E-state index is 13.1. The first kappa shape index (κ1) is 18.7. The van der Waals surface area contributed by atoms with Crippen LogP contribution in [0.5, 0.6) is 0 Å². The van der Waals surface area contributed by atoms with Crippen LogP contribution in [-0.4, -0.2) is 18.2 Å². The minimum Gasteiger partial charge on any atom is -0.268 e. The van der Waals surface area contributed by atoms with Crippen molar-refractivity contribution in [3.05, 3.63) is 58.6 Å². The Morgan fingerprint density at radius 2 is 1.96 bits per heavy atom. The van der Waals surface area contributed by atoms with Crippen LogP contribution in [0.1, 0.15) is 37.3 Å². The minimum atomic E-state index is -3.73. The molecular formula is C19H20ClN3O2S2. The Kier molecular flexibility index (Phi) is 5.36. The number of rotatable bonds is 6. The van der Waals surface area contributed by atoms with Gasteiger partial charge in [0.25, 0.3) is 0 Å². The van der Waals surface area contributed by atoms with Gasteiger partial charge in [-0.05, 0) is 35.9 Å². The predicted octanol–water partition coefficient (Wildman–Crippen LogP) is 4.86. The molecule has 0 bridgehead atoms. The van der Waals surface area contributed by atoms with Crippen molar-refractivity contribution >= 4 is 33.0 Å². The summed E-state index contributed by atoms with van der Waals surface area (Å²) in [4.78, 5) is 1.08. The second kappa shape index (κ2) is 7.75. The van der Waals surface area contributed by atoms with E-state index in [0.717, 1.165) is 36.1 Å². The second-order valence-electron chi connectivity index (χ2n) is 6.65. The lowest BCUT2D eigenvalue weighted by Crippen LogP contribution is -2.23. The molecule has 1 saturated carbocycles. The number of hydrogen-bond acceptors (Lipinski definition) is 4. The van der Waals surface area contributed by atoms with Gasteiger partial charge < -0.3 is 0 Å². The zero-order valence-corrected chi connectivity index (χ0v) is 17.0. The highest BCUT2D eigenvalue weighted by Gasteiger charge is 2.27. The SMILES string of the molecule is O=S(=O)(NCc1ccccc1Cl)c1cn(C2CCCC2)nc1-c1cccs1. The number of thiophene rings is 1. The molecule has 0 atom stereocenters. The molecule has 0 saturated heterocycles. The molecule has 1 aromatic carbocycles. The van der Waals surface area contributed by atoms with Crippen molar-refractivity contribution in [1.29, 1.82) is 0 Å². The molecule has 1 aliphatic carbocycles.